The second-order valence-electron chi connectivity index (χ2n) is 6.88. The molecule has 0 saturated heterocycles. The molecule has 0 rings (SSSR count). The van der Waals surface area contributed by atoms with Gasteiger partial charge < -0.3 is 20.1 Å². The average molecular weight is 377 g/mol. The van der Waals surface area contributed by atoms with Crippen molar-refractivity contribution in [3.05, 3.63) is 0 Å². The van der Waals surface area contributed by atoms with E-state index in [1.54, 1.807) is 32.5 Å². The topological polar surface area (TPSA) is 93.7 Å². The van der Waals surface area contributed by atoms with Gasteiger partial charge in [-0.15, -0.1) is 0 Å². The molecule has 0 aromatic carbocycles. The zero-order chi connectivity index (χ0) is 19.6. The highest BCUT2D eigenvalue weighted by atomic mass is 32.2. The lowest BCUT2D eigenvalue weighted by atomic mass is 9.98. The molecule has 0 aromatic rings. The Balaban J connectivity index is 5.08. The molecule has 0 spiro atoms. The zero-order valence-electron chi connectivity index (χ0n) is 16.3. The highest BCUT2D eigenvalue weighted by molar-refractivity contribution is 7.98. The molecule has 0 radical (unpaired) electrons. The first kappa shape index (κ1) is 23.6. The molecule has 0 saturated carbocycles. The van der Waals surface area contributed by atoms with Gasteiger partial charge in [0, 0.05) is 0 Å². The summed E-state index contributed by atoms with van der Waals surface area (Å²) in [5.41, 5.74) is -0.659. The van der Waals surface area contributed by atoms with Crippen molar-refractivity contribution in [3.8, 4) is 0 Å². The summed E-state index contributed by atoms with van der Waals surface area (Å²) in [4.78, 5) is 36.5. The summed E-state index contributed by atoms with van der Waals surface area (Å²) < 4.78 is 9.98. The van der Waals surface area contributed by atoms with Crippen LogP contribution < -0.4 is 10.6 Å². The highest BCUT2D eigenvalue weighted by Gasteiger charge is 2.31. The van der Waals surface area contributed by atoms with E-state index >= 15 is 0 Å². The molecule has 0 fully saturated rings. The summed E-state index contributed by atoms with van der Waals surface area (Å²) >= 11 is 1.57. The lowest BCUT2D eigenvalue weighted by molar-refractivity contribution is -0.145. The maximum Gasteiger partial charge on any atom is 0.408 e. The summed E-state index contributed by atoms with van der Waals surface area (Å²) in [6.07, 6.45) is 2.40. The van der Waals surface area contributed by atoms with Crippen molar-refractivity contribution >= 4 is 29.7 Å². The van der Waals surface area contributed by atoms with Crippen LogP contribution >= 0.6 is 11.8 Å². The van der Waals surface area contributed by atoms with Gasteiger partial charge in [-0.3, -0.25) is 4.79 Å². The van der Waals surface area contributed by atoms with Gasteiger partial charge in [-0.2, -0.15) is 11.8 Å². The van der Waals surface area contributed by atoms with E-state index in [4.69, 9.17) is 9.47 Å². The third-order valence-corrected chi connectivity index (χ3v) is 4.22. The third kappa shape index (κ3) is 9.57. The molecule has 2 amide bonds. The van der Waals surface area contributed by atoms with Crippen molar-refractivity contribution in [2.75, 3.05) is 19.1 Å². The zero-order valence-corrected chi connectivity index (χ0v) is 17.1. The molecule has 8 heteroatoms. The number of hydrogen-bond donors (Lipinski definition) is 2. The van der Waals surface area contributed by atoms with Crippen molar-refractivity contribution < 1.29 is 23.9 Å². The minimum absolute atomic E-state index is 0.119. The number of carbonyl (C=O) groups excluding carboxylic acids is 3. The maximum absolute atomic E-state index is 12.6. The summed E-state index contributed by atoms with van der Waals surface area (Å²) in [7, 11) is 1.28. The number of carbonyl (C=O) groups is 3. The van der Waals surface area contributed by atoms with Gasteiger partial charge in [0.05, 0.1) is 7.11 Å². The predicted octanol–water partition coefficient (Wildman–Crippen LogP) is 2.34. The monoisotopic (exact) mass is 376 g/mol. The Labute approximate surface area is 155 Å². The average Bonchev–Trinajstić information content (AvgIpc) is 2.53. The SMILES string of the molecule is CC[C@@H](C)[C@@H](NC(=O)OC(C)(C)C)C(=O)N[C@@H](CCSC)C(=O)OC. The van der Waals surface area contributed by atoms with Gasteiger partial charge in [0.1, 0.15) is 17.7 Å². The fraction of sp³-hybridized carbons (Fsp3) is 0.824. The Kier molecular flexibility index (Phi) is 10.6. The molecule has 146 valence electrons. The third-order valence-electron chi connectivity index (χ3n) is 3.58. The van der Waals surface area contributed by atoms with Crippen LogP contribution in [0.15, 0.2) is 0 Å². The van der Waals surface area contributed by atoms with E-state index < -0.39 is 35.7 Å². The molecule has 0 heterocycles. The molecule has 25 heavy (non-hydrogen) atoms. The van der Waals surface area contributed by atoms with Crippen LogP contribution in [0.3, 0.4) is 0 Å². The number of amides is 2. The first-order valence-electron chi connectivity index (χ1n) is 8.42. The first-order valence-corrected chi connectivity index (χ1v) is 9.81. The fourth-order valence-electron chi connectivity index (χ4n) is 2.02. The first-order chi connectivity index (χ1) is 11.6. The molecule has 3 atom stereocenters. The van der Waals surface area contributed by atoms with Gasteiger partial charge in [-0.05, 0) is 45.1 Å². The molecular weight excluding hydrogens is 344 g/mol. The minimum Gasteiger partial charge on any atom is -0.467 e. The lowest BCUT2D eigenvalue weighted by Gasteiger charge is -2.27. The Bertz CT molecular complexity index is 451. The molecule has 0 aliphatic rings. The van der Waals surface area contributed by atoms with Gasteiger partial charge in [-0.25, -0.2) is 9.59 Å². The Hall–Kier alpha value is -1.44. The Morgan fingerprint density at radius 3 is 2.20 bits per heavy atom. The van der Waals surface area contributed by atoms with E-state index in [1.165, 1.54) is 7.11 Å². The number of rotatable bonds is 9. The number of hydrogen-bond acceptors (Lipinski definition) is 6. The number of methoxy groups -OCH3 is 1. The van der Waals surface area contributed by atoms with E-state index in [0.29, 0.717) is 18.6 Å². The quantitative estimate of drug-likeness (QED) is 0.600. The normalized spacial score (nSPS) is 14.8. The summed E-state index contributed by atoms with van der Waals surface area (Å²) in [6.45, 7) is 9.03. The fourth-order valence-corrected chi connectivity index (χ4v) is 2.50. The van der Waals surface area contributed by atoms with Crippen molar-refractivity contribution in [2.24, 2.45) is 5.92 Å². The Morgan fingerprint density at radius 2 is 1.76 bits per heavy atom. The van der Waals surface area contributed by atoms with Crippen molar-refractivity contribution in [2.45, 2.75) is 65.1 Å². The largest absolute Gasteiger partial charge is 0.467 e. The molecule has 0 unspecified atom stereocenters. The molecule has 0 bridgehead atoms. The van der Waals surface area contributed by atoms with Crippen LogP contribution in [0.1, 0.15) is 47.5 Å². The van der Waals surface area contributed by atoms with Crippen LogP contribution in [0.25, 0.3) is 0 Å². The van der Waals surface area contributed by atoms with E-state index in [1.807, 2.05) is 20.1 Å². The molecule has 0 aliphatic heterocycles. The van der Waals surface area contributed by atoms with Crippen LogP contribution in [0, 0.1) is 5.92 Å². The van der Waals surface area contributed by atoms with Gasteiger partial charge >= 0.3 is 12.1 Å². The smallest absolute Gasteiger partial charge is 0.408 e. The van der Waals surface area contributed by atoms with Crippen LogP contribution in [-0.4, -0.2) is 54.8 Å². The van der Waals surface area contributed by atoms with Gasteiger partial charge in [-0.1, -0.05) is 20.3 Å². The number of nitrogens with one attached hydrogen (secondary N) is 2. The van der Waals surface area contributed by atoms with Crippen molar-refractivity contribution in [1.29, 1.82) is 0 Å². The standard InChI is InChI=1S/C17H32N2O5S/c1-8-11(2)13(19-16(22)24-17(3,4)5)14(20)18-12(9-10-25-7)15(21)23-6/h11-13H,8-10H2,1-7H3,(H,18,20)(H,19,22)/t11-,12+,13-/m1/s1. The minimum atomic E-state index is -0.790. The Morgan fingerprint density at radius 1 is 1.16 bits per heavy atom. The number of esters is 1. The van der Waals surface area contributed by atoms with E-state index in [-0.39, 0.29) is 5.92 Å². The molecule has 2 N–H and O–H groups in total. The number of thioether (sulfide) groups is 1. The summed E-state index contributed by atoms with van der Waals surface area (Å²) in [6, 6.07) is -1.53. The summed E-state index contributed by atoms with van der Waals surface area (Å²) in [5, 5.41) is 5.30. The van der Waals surface area contributed by atoms with Gasteiger partial charge in [0.25, 0.3) is 0 Å². The van der Waals surface area contributed by atoms with E-state index in [0.717, 1.165) is 0 Å². The van der Waals surface area contributed by atoms with Crippen LogP contribution in [-0.2, 0) is 19.1 Å². The van der Waals surface area contributed by atoms with Gasteiger partial charge in [0.15, 0.2) is 0 Å². The second kappa shape index (κ2) is 11.2. The predicted molar refractivity (Wildman–Crippen MR) is 99.6 cm³/mol. The summed E-state index contributed by atoms with van der Waals surface area (Å²) in [5.74, 6) is -0.335. The van der Waals surface area contributed by atoms with Gasteiger partial charge in [0.2, 0.25) is 5.91 Å². The number of ether oxygens (including phenoxy) is 2. The molecule has 0 aromatic heterocycles. The van der Waals surface area contributed by atoms with E-state index in [2.05, 4.69) is 10.6 Å². The second-order valence-corrected chi connectivity index (χ2v) is 7.86. The number of alkyl carbamates (subject to hydrolysis) is 1. The lowest BCUT2D eigenvalue weighted by Crippen LogP contribution is -2.55. The van der Waals surface area contributed by atoms with Crippen LogP contribution in [0.4, 0.5) is 4.79 Å². The van der Waals surface area contributed by atoms with Crippen LogP contribution in [0.5, 0.6) is 0 Å². The molecule has 0 aliphatic carbocycles. The van der Waals surface area contributed by atoms with Crippen molar-refractivity contribution in [3.63, 3.8) is 0 Å². The van der Waals surface area contributed by atoms with E-state index in [9.17, 15) is 14.4 Å². The molecule has 7 nitrogen and oxygen atoms in total. The van der Waals surface area contributed by atoms with Crippen LogP contribution in [0.2, 0.25) is 0 Å². The maximum atomic E-state index is 12.6. The highest BCUT2D eigenvalue weighted by Crippen LogP contribution is 2.12. The molecular formula is C17H32N2O5S. The van der Waals surface area contributed by atoms with Crippen molar-refractivity contribution in [1.82, 2.24) is 10.6 Å².